The van der Waals surface area contributed by atoms with Gasteiger partial charge in [-0.05, 0) is 30.5 Å². The number of amides is 2. The van der Waals surface area contributed by atoms with Gasteiger partial charge in [-0.2, -0.15) is 9.61 Å². The minimum atomic E-state index is -1.04. The average molecular weight is 489 g/mol. The SMILES string of the molecule is CN(C)C(=O)C(=O)c1ncc2nc(Cl)c(C(=O)N3CCC(O)(Cc4ccc(F)cc4)CC3)nn12. The maximum absolute atomic E-state index is 13.1. The highest BCUT2D eigenvalue weighted by atomic mass is 35.5. The van der Waals surface area contributed by atoms with Crippen LogP contribution in [0.1, 0.15) is 39.5 Å². The molecule has 0 bridgehead atoms. The number of benzene rings is 1. The van der Waals surface area contributed by atoms with E-state index in [0.29, 0.717) is 19.3 Å². The standard InChI is InChI=1S/C22H22ClFN6O4/c1-28(2)21(33)17(31)19-25-12-15-26-18(23)16(27-30(15)19)20(32)29-9-7-22(34,8-10-29)11-13-3-5-14(24)6-4-13/h3-6,12,34H,7-11H2,1-2H3. The number of hydrogen-bond donors (Lipinski definition) is 1. The Morgan fingerprint density at radius 3 is 2.44 bits per heavy atom. The molecule has 178 valence electrons. The second-order valence-corrected chi connectivity index (χ2v) is 8.81. The van der Waals surface area contributed by atoms with Crippen molar-refractivity contribution < 1.29 is 23.9 Å². The zero-order valence-corrected chi connectivity index (χ0v) is 19.3. The molecule has 1 aliphatic rings. The number of aliphatic hydroxyl groups is 1. The molecule has 0 atom stereocenters. The van der Waals surface area contributed by atoms with Crippen molar-refractivity contribution in [3.63, 3.8) is 0 Å². The lowest BCUT2D eigenvalue weighted by Gasteiger charge is -2.38. The molecule has 34 heavy (non-hydrogen) atoms. The second kappa shape index (κ2) is 9.07. The molecule has 1 saturated heterocycles. The van der Waals surface area contributed by atoms with E-state index in [0.717, 1.165) is 15.0 Å². The number of carbonyl (C=O) groups excluding carboxylic acids is 3. The summed E-state index contributed by atoms with van der Waals surface area (Å²) in [6.07, 6.45) is 2.17. The zero-order chi connectivity index (χ0) is 24.6. The number of likely N-dealkylation sites (tertiary alicyclic amines) is 1. The summed E-state index contributed by atoms with van der Waals surface area (Å²) >= 11 is 6.19. The first kappa shape index (κ1) is 23.7. The lowest BCUT2D eigenvalue weighted by atomic mass is 9.85. The fraction of sp³-hybridized carbons (Fsp3) is 0.364. The summed E-state index contributed by atoms with van der Waals surface area (Å²) in [6.45, 7) is 0.475. The third-order valence-corrected chi connectivity index (χ3v) is 6.03. The minimum absolute atomic E-state index is 0.115. The van der Waals surface area contributed by atoms with Crippen LogP contribution >= 0.6 is 11.6 Å². The Hall–Kier alpha value is -3.44. The molecule has 1 aliphatic heterocycles. The van der Waals surface area contributed by atoms with E-state index in [1.54, 1.807) is 12.1 Å². The van der Waals surface area contributed by atoms with Gasteiger partial charge in [0, 0.05) is 33.6 Å². The summed E-state index contributed by atoms with van der Waals surface area (Å²) in [5.74, 6) is -2.84. The molecule has 1 N–H and O–H groups in total. The number of piperidine rings is 1. The Morgan fingerprint density at radius 2 is 1.82 bits per heavy atom. The summed E-state index contributed by atoms with van der Waals surface area (Å²) in [5.41, 5.74) is -0.316. The van der Waals surface area contributed by atoms with Crippen molar-refractivity contribution in [3.05, 3.63) is 58.5 Å². The lowest BCUT2D eigenvalue weighted by Crippen LogP contribution is -2.48. The Morgan fingerprint density at radius 1 is 1.18 bits per heavy atom. The monoisotopic (exact) mass is 488 g/mol. The van der Waals surface area contributed by atoms with Gasteiger partial charge in [0.2, 0.25) is 5.82 Å². The van der Waals surface area contributed by atoms with Crippen LogP contribution in [0.5, 0.6) is 0 Å². The molecule has 2 amide bonds. The van der Waals surface area contributed by atoms with Crippen LogP contribution < -0.4 is 0 Å². The number of likely N-dealkylation sites (N-methyl/N-ethyl adjacent to an activating group) is 1. The van der Waals surface area contributed by atoms with Crippen LogP contribution in [0.3, 0.4) is 0 Å². The number of ketones is 1. The van der Waals surface area contributed by atoms with Crippen LogP contribution in [0, 0.1) is 5.82 Å². The molecular formula is C22H22ClFN6O4. The van der Waals surface area contributed by atoms with E-state index in [1.165, 1.54) is 37.3 Å². The minimum Gasteiger partial charge on any atom is -0.389 e. The molecule has 4 rings (SSSR count). The number of carbonyl (C=O) groups is 3. The molecule has 0 unspecified atom stereocenters. The predicted octanol–water partition coefficient (Wildman–Crippen LogP) is 1.40. The molecule has 2 aromatic heterocycles. The van der Waals surface area contributed by atoms with Crippen LogP contribution in [0.25, 0.3) is 5.65 Å². The quantitative estimate of drug-likeness (QED) is 0.425. The molecule has 0 radical (unpaired) electrons. The van der Waals surface area contributed by atoms with Crippen molar-refractivity contribution in [1.82, 2.24) is 29.4 Å². The molecule has 1 aromatic carbocycles. The number of rotatable bonds is 5. The molecule has 0 saturated carbocycles. The van der Waals surface area contributed by atoms with Gasteiger partial charge in [-0.1, -0.05) is 23.7 Å². The van der Waals surface area contributed by atoms with E-state index >= 15 is 0 Å². The Bertz CT molecular complexity index is 1270. The zero-order valence-electron chi connectivity index (χ0n) is 18.5. The van der Waals surface area contributed by atoms with Gasteiger partial charge in [-0.15, -0.1) is 0 Å². The van der Waals surface area contributed by atoms with E-state index in [2.05, 4.69) is 15.1 Å². The predicted molar refractivity (Wildman–Crippen MR) is 119 cm³/mol. The van der Waals surface area contributed by atoms with Crippen molar-refractivity contribution in [2.45, 2.75) is 24.9 Å². The largest absolute Gasteiger partial charge is 0.389 e. The molecule has 0 aliphatic carbocycles. The highest BCUT2D eigenvalue weighted by Crippen LogP contribution is 2.28. The lowest BCUT2D eigenvalue weighted by molar-refractivity contribution is -0.124. The van der Waals surface area contributed by atoms with Crippen LogP contribution in [0.4, 0.5) is 4.39 Å². The summed E-state index contributed by atoms with van der Waals surface area (Å²) in [6, 6.07) is 5.94. The number of aromatic nitrogens is 4. The van der Waals surface area contributed by atoms with Crippen molar-refractivity contribution >= 4 is 34.8 Å². The van der Waals surface area contributed by atoms with E-state index in [4.69, 9.17) is 11.6 Å². The first-order chi connectivity index (χ1) is 16.1. The van der Waals surface area contributed by atoms with Crippen molar-refractivity contribution in [1.29, 1.82) is 0 Å². The van der Waals surface area contributed by atoms with Gasteiger partial charge >= 0.3 is 0 Å². The maximum Gasteiger partial charge on any atom is 0.297 e. The molecule has 12 heteroatoms. The summed E-state index contributed by atoms with van der Waals surface area (Å²) in [4.78, 5) is 48.3. The third kappa shape index (κ3) is 4.62. The van der Waals surface area contributed by atoms with Gasteiger partial charge < -0.3 is 14.9 Å². The van der Waals surface area contributed by atoms with Crippen molar-refractivity contribution in [2.75, 3.05) is 27.2 Å². The molecule has 0 spiro atoms. The number of nitrogens with zero attached hydrogens (tertiary/aromatic N) is 6. The van der Waals surface area contributed by atoms with Gasteiger partial charge in [0.05, 0.1) is 11.8 Å². The average Bonchev–Trinajstić information content (AvgIpc) is 3.21. The summed E-state index contributed by atoms with van der Waals surface area (Å²) in [5, 5.41) is 15.0. The van der Waals surface area contributed by atoms with Crippen LogP contribution in [-0.2, 0) is 11.2 Å². The number of fused-ring (bicyclic) bond motifs is 1. The Balaban J connectivity index is 1.52. The van der Waals surface area contributed by atoms with E-state index in [-0.39, 0.29) is 41.2 Å². The second-order valence-electron chi connectivity index (χ2n) is 8.45. The number of hydrogen-bond acceptors (Lipinski definition) is 7. The van der Waals surface area contributed by atoms with Gasteiger partial charge in [0.1, 0.15) is 5.82 Å². The van der Waals surface area contributed by atoms with Crippen molar-refractivity contribution in [3.8, 4) is 0 Å². The fourth-order valence-corrected chi connectivity index (χ4v) is 4.03. The van der Waals surface area contributed by atoms with Gasteiger partial charge in [-0.25, -0.2) is 14.4 Å². The van der Waals surface area contributed by atoms with Crippen LogP contribution in [-0.4, -0.2) is 84.9 Å². The number of imidazole rings is 1. The topological polar surface area (TPSA) is 121 Å². The number of Topliss-reactive ketones (excluding diaryl/α,β-unsaturated/α-hetero) is 1. The Kier molecular flexibility index (Phi) is 6.32. The van der Waals surface area contributed by atoms with Gasteiger partial charge in [-0.3, -0.25) is 14.4 Å². The van der Waals surface area contributed by atoms with Crippen LogP contribution in [0.15, 0.2) is 30.5 Å². The van der Waals surface area contributed by atoms with E-state index in [9.17, 15) is 23.9 Å². The third-order valence-electron chi connectivity index (χ3n) is 5.76. The summed E-state index contributed by atoms with van der Waals surface area (Å²) in [7, 11) is 2.86. The van der Waals surface area contributed by atoms with Crippen molar-refractivity contribution in [2.24, 2.45) is 0 Å². The molecule has 3 heterocycles. The summed E-state index contributed by atoms with van der Waals surface area (Å²) < 4.78 is 14.2. The number of halogens is 2. The normalized spacial score (nSPS) is 15.4. The molecular weight excluding hydrogens is 467 g/mol. The van der Waals surface area contributed by atoms with Gasteiger partial charge in [0.25, 0.3) is 17.6 Å². The van der Waals surface area contributed by atoms with E-state index < -0.39 is 23.2 Å². The van der Waals surface area contributed by atoms with Gasteiger partial charge in [0.15, 0.2) is 16.5 Å². The molecule has 3 aromatic rings. The molecule has 10 nitrogen and oxygen atoms in total. The van der Waals surface area contributed by atoms with Crippen LogP contribution in [0.2, 0.25) is 5.15 Å². The highest BCUT2D eigenvalue weighted by molar-refractivity contribution is 6.41. The molecule has 1 fully saturated rings. The Labute approximate surface area is 199 Å². The maximum atomic E-state index is 13.1. The van der Waals surface area contributed by atoms with E-state index in [1.807, 2.05) is 0 Å². The first-order valence-electron chi connectivity index (χ1n) is 10.5. The first-order valence-corrected chi connectivity index (χ1v) is 10.9. The highest BCUT2D eigenvalue weighted by Gasteiger charge is 2.36. The smallest absolute Gasteiger partial charge is 0.297 e. The fourth-order valence-electron chi connectivity index (χ4n) is 3.83.